The summed E-state index contributed by atoms with van der Waals surface area (Å²) in [6.07, 6.45) is 0. The second-order valence-corrected chi connectivity index (χ2v) is 8.97. The Morgan fingerprint density at radius 3 is 0.889 bits per heavy atom. The zero-order valence-corrected chi connectivity index (χ0v) is 14.0. The zero-order valence-electron chi connectivity index (χ0n) is 10.8. The molecular weight excluding hydrogens is 304 g/mol. The van der Waals surface area contributed by atoms with Crippen molar-refractivity contribution in [3.63, 3.8) is 0 Å². The predicted molar refractivity (Wildman–Crippen MR) is 93.6 cm³/mol. The van der Waals surface area contributed by atoms with Crippen molar-refractivity contribution in [1.29, 1.82) is 0 Å². The monoisotopic (exact) mass is 330 g/mol. The van der Waals surface area contributed by atoms with Crippen molar-refractivity contribution in [2.24, 2.45) is 22.9 Å². The third kappa shape index (κ3) is 10.1. The van der Waals surface area contributed by atoms with Gasteiger partial charge in [-0.1, -0.05) is 0 Å². The number of thioether (sulfide) groups is 4. The molecular formula is C10H26N4S4. The van der Waals surface area contributed by atoms with Gasteiger partial charge in [0.1, 0.15) is 0 Å². The number of hydrogen-bond donors (Lipinski definition) is 4. The molecule has 0 saturated carbocycles. The summed E-state index contributed by atoms with van der Waals surface area (Å²) < 4.78 is 1.04. The van der Waals surface area contributed by atoms with Crippen molar-refractivity contribution in [2.75, 3.05) is 49.2 Å². The fourth-order valence-corrected chi connectivity index (χ4v) is 7.06. The van der Waals surface area contributed by atoms with Gasteiger partial charge in [0, 0.05) is 49.2 Å². The topological polar surface area (TPSA) is 104 Å². The highest BCUT2D eigenvalue weighted by Crippen LogP contribution is 2.39. The lowest BCUT2D eigenvalue weighted by molar-refractivity contribution is 1.12. The normalized spacial score (nSPS) is 11.7. The van der Waals surface area contributed by atoms with E-state index < -0.39 is 0 Å². The van der Waals surface area contributed by atoms with E-state index in [1.165, 1.54) is 0 Å². The van der Waals surface area contributed by atoms with Crippen LogP contribution in [0.5, 0.6) is 0 Å². The molecule has 4 nitrogen and oxygen atoms in total. The molecule has 0 aromatic rings. The molecule has 0 fully saturated rings. The van der Waals surface area contributed by atoms with Crippen LogP contribution in [0.3, 0.4) is 0 Å². The Labute approximate surface area is 128 Å². The molecule has 0 unspecified atom stereocenters. The van der Waals surface area contributed by atoms with Crippen molar-refractivity contribution in [2.45, 2.75) is 9.16 Å². The van der Waals surface area contributed by atoms with Crippen LogP contribution in [0.4, 0.5) is 0 Å². The van der Waals surface area contributed by atoms with E-state index in [9.17, 15) is 0 Å². The Hall–Kier alpha value is 1.24. The van der Waals surface area contributed by atoms with E-state index >= 15 is 0 Å². The lowest BCUT2D eigenvalue weighted by atomic mass is 10.8. The minimum atomic E-state index is 0.519. The van der Waals surface area contributed by atoms with Gasteiger partial charge in [-0.25, -0.2) is 0 Å². The van der Waals surface area contributed by atoms with Crippen molar-refractivity contribution in [3.05, 3.63) is 0 Å². The first-order valence-electron chi connectivity index (χ1n) is 6.06. The number of rotatable bonds is 13. The second-order valence-electron chi connectivity index (χ2n) is 3.37. The van der Waals surface area contributed by atoms with Gasteiger partial charge in [0.25, 0.3) is 0 Å². The fourth-order valence-electron chi connectivity index (χ4n) is 1.15. The average molecular weight is 331 g/mol. The first-order valence-corrected chi connectivity index (χ1v) is 10.3. The summed E-state index contributed by atoms with van der Waals surface area (Å²) in [6, 6.07) is 0. The van der Waals surface area contributed by atoms with E-state index in [1.54, 1.807) is 0 Å². The Morgan fingerprint density at radius 2 is 0.722 bits per heavy atom. The van der Waals surface area contributed by atoms with Gasteiger partial charge in [-0.2, -0.15) is 0 Å². The summed E-state index contributed by atoms with van der Waals surface area (Å²) in [5, 5.41) is 0. The van der Waals surface area contributed by atoms with Crippen molar-refractivity contribution >= 4 is 47.0 Å². The molecule has 0 aromatic heterocycles. The maximum atomic E-state index is 5.60. The summed E-state index contributed by atoms with van der Waals surface area (Å²) in [6.45, 7) is 2.89. The van der Waals surface area contributed by atoms with Gasteiger partial charge in [0.2, 0.25) is 0 Å². The molecule has 18 heavy (non-hydrogen) atoms. The summed E-state index contributed by atoms with van der Waals surface area (Å²) in [4.78, 5) is 0. The maximum Gasteiger partial charge on any atom is 0.0713 e. The third-order valence-corrected chi connectivity index (χ3v) is 8.43. The predicted octanol–water partition coefficient (Wildman–Crippen LogP) is 0.406. The Balaban J connectivity index is 4.27. The lowest BCUT2D eigenvalue weighted by Crippen LogP contribution is -2.21. The maximum absolute atomic E-state index is 5.60. The quantitative estimate of drug-likeness (QED) is 0.360. The first-order chi connectivity index (χ1) is 8.79. The van der Waals surface area contributed by atoms with Gasteiger partial charge in [-0.15, -0.1) is 47.0 Å². The van der Waals surface area contributed by atoms with Crippen molar-refractivity contribution < 1.29 is 0 Å². The summed E-state index contributed by atoms with van der Waals surface area (Å²) in [5.74, 6) is 3.96. The first kappa shape index (κ1) is 19.2. The molecule has 0 atom stereocenters. The number of nitrogens with two attached hydrogens (primary N) is 4. The highest BCUT2D eigenvalue weighted by atomic mass is 32.2. The minimum Gasteiger partial charge on any atom is -0.330 e. The molecule has 0 aliphatic carbocycles. The van der Waals surface area contributed by atoms with Crippen LogP contribution in [0.15, 0.2) is 0 Å². The molecule has 0 spiro atoms. The van der Waals surface area contributed by atoms with Gasteiger partial charge in [-0.3, -0.25) is 0 Å². The van der Waals surface area contributed by atoms with Crippen LogP contribution >= 0.6 is 47.0 Å². The van der Waals surface area contributed by atoms with Crippen LogP contribution in [0.25, 0.3) is 0 Å². The second kappa shape index (κ2) is 14.6. The molecule has 0 amide bonds. The van der Waals surface area contributed by atoms with Crippen LogP contribution in [-0.2, 0) is 0 Å². The Bertz CT molecular complexity index is 142. The van der Waals surface area contributed by atoms with Crippen LogP contribution in [-0.4, -0.2) is 58.4 Å². The van der Waals surface area contributed by atoms with E-state index in [4.69, 9.17) is 22.9 Å². The van der Waals surface area contributed by atoms with Crippen LogP contribution < -0.4 is 22.9 Å². The van der Waals surface area contributed by atoms with Gasteiger partial charge in [-0.05, 0) is 0 Å². The molecule has 0 bridgehead atoms. The van der Waals surface area contributed by atoms with E-state index in [1.807, 2.05) is 47.0 Å². The molecule has 0 rings (SSSR count). The van der Waals surface area contributed by atoms with E-state index in [2.05, 4.69) is 0 Å². The molecule has 0 heterocycles. The van der Waals surface area contributed by atoms with Crippen LogP contribution in [0.1, 0.15) is 0 Å². The lowest BCUT2D eigenvalue weighted by Gasteiger charge is -2.25. The van der Waals surface area contributed by atoms with Gasteiger partial charge < -0.3 is 22.9 Å². The molecule has 8 N–H and O–H groups in total. The Morgan fingerprint density at radius 1 is 0.500 bits per heavy atom. The van der Waals surface area contributed by atoms with Crippen LogP contribution in [0.2, 0.25) is 0 Å². The summed E-state index contributed by atoms with van der Waals surface area (Å²) in [5.41, 5.74) is 22.4. The Kier molecular flexibility index (Phi) is 15.7. The van der Waals surface area contributed by atoms with Crippen molar-refractivity contribution in [1.82, 2.24) is 0 Å². The van der Waals surface area contributed by atoms with Gasteiger partial charge >= 0.3 is 0 Å². The van der Waals surface area contributed by atoms with E-state index in [-0.39, 0.29) is 0 Å². The third-order valence-electron chi connectivity index (χ3n) is 1.82. The van der Waals surface area contributed by atoms with Crippen LogP contribution in [0, 0.1) is 0 Å². The molecule has 0 aromatic carbocycles. The van der Waals surface area contributed by atoms with E-state index in [0.29, 0.717) is 9.16 Å². The SMILES string of the molecule is NCCSC(SCCN)C(SCCN)SCCN. The summed E-state index contributed by atoms with van der Waals surface area (Å²) >= 11 is 7.72. The zero-order chi connectivity index (χ0) is 13.6. The highest BCUT2D eigenvalue weighted by Gasteiger charge is 2.22. The molecule has 110 valence electrons. The molecule has 0 saturated heterocycles. The van der Waals surface area contributed by atoms with Gasteiger partial charge in [0.15, 0.2) is 0 Å². The molecule has 8 heteroatoms. The number of hydrogen-bond acceptors (Lipinski definition) is 8. The summed E-state index contributed by atoms with van der Waals surface area (Å²) in [7, 11) is 0. The molecule has 0 radical (unpaired) electrons. The van der Waals surface area contributed by atoms with Crippen molar-refractivity contribution in [3.8, 4) is 0 Å². The minimum absolute atomic E-state index is 0.519. The standard InChI is InChI=1S/C10H26N4S4/c11-1-5-15-9(16-6-2-12)10(17-7-3-13)18-8-4-14/h9-10H,1-8,11-14H2. The van der Waals surface area contributed by atoms with Gasteiger partial charge in [0.05, 0.1) is 9.16 Å². The fraction of sp³-hybridized carbons (Fsp3) is 1.00. The molecule has 0 aliphatic heterocycles. The highest BCUT2D eigenvalue weighted by molar-refractivity contribution is 8.23. The largest absolute Gasteiger partial charge is 0.330 e. The molecule has 0 aliphatic rings. The smallest absolute Gasteiger partial charge is 0.0713 e. The average Bonchev–Trinajstić information content (AvgIpc) is 2.40. The van der Waals surface area contributed by atoms with E-state index in [0.717, 1.165) is 49.2 Å².